The van der Waals surface area contributed by atoms with Gasteiger partial charge < -0.3 is 4.90 Å². The van der Waals surface area contributed by atoms with Crippen molar-refractivity contribution in [3.05, 3.63) is 69.1 Å². The summed E-state index contributed by atoms with van der Waals surface area (Å²) in [4.78, 5) is 15.4. The number of fused-ring (bicyclic) bond motifs is 1. The van der Waals surface area contributed by atoms with Crippen molar-refractivity contribution in [3.8, 4) is 0 Å². The number of halogens is 1. The van der Waals surface area contributed by atoms with Gasteiger partial charge >= 0.3 is 0 Å². The van der Waals surface area contributed by atoms with E-state index in [9.17, 15) is 4.79 Å². The molecule has 30 heavy (non-hydrogen) atoms. The minimum Gasteiger partial charge on any atom is -0.306 e. The molecule has 0 radical (unpaired) electrons. The van der Waals surface area contributed by atoms with Gasteiger partial charge in [0.2, 0.25) is 5.91 Å². The lowest BCUT2D eigenvalue weighted by molar-refractivity contribution is -0.117. The summed E-state index contributed by atoms with van der Waals surface area (Å²) in [6, 6.07) is 16.9. The number of anilines is 1. The number of carbonyl (C=O) groups excluding carboxylic acids is 1. The Balaban J connectivity index is 1.71. The average molecular weight is 503 g/mol. The van der Waals surface area contributed by atoms with Gasteiger partial charge in [-0.1, -0.05) is 76.3 Å². The Morgan fingerprint density at radius 2 is 1.83 bits per heavy atom. The lowest BCUT2D eigenvalue weighted by Gasteiger charge is -2.51. The fraction of sp³-hybridized carbons (Fsp3) is 0.348. The quantitative estimate of drug-likeness (QED) is 0.397. The van der Waals surface area contributed by atoms with Crippen LogP contribution in [0.5, 0.6) is 0 Å². The summed E-state index contributed by atoms with van der Waals surface area (Å²) in [5.74, 6) is 0.449. The van der Waals surface area contributed by atoms with Gasteiger partial charge in [0.25, 0.3) is 0 Å². The van der Waals surface area contributed by atoms with Crippen molar-refractivity contribution in [2.45, 2.75) is 49.4 Å². The highest BCUT2D eigenvalue weighted by molar-refractivity contribution is 9.10. The van der Waals surface area contributed by atoms with E-state index in [2.05, 4.69) is 89.4 Å². The molecular formula is C23H24BrN3OS2. The van der Waals surface area contributed by atoms with Crippen LogP contribution in [-0.2, 0) is 10.2 Å². The zero-order valence-corrected chi connectivity index (χ0v) is 20.7. The summed E-state index contributed by atoms with van der Waals surface area (Å²) < 4.78 is 1.91. The van der Waals surface area contributed by atoms with Gasteiger partial charge in [-0.25, -0.2) is 0 Å². The van der Waals surface area contributed by atoms with E-state index in [4.69, 9.17) is 0 Å². The Labute approximate surface area is 194 Å². The van der Waals surface area contributed by atoms with Crippen molar-refractivity contribution in [2.24, 2.45) is 0 Å². The molecule has 1 amide bonds. The molecule has 0 bridgehead atoms. The second-order valence-corrected chi connectivity index (χ2v) is 11.8. The highest BCUT2D eigenvalue weighted by Crippen LogP contribution is 2.50. The molecule has 0 saturated heterocycles. The van der Waals surface area contributed by atoms with E-state index in [1.165, 1.54) is 34.2 Å². The Hall–Kier alpha value is -1.70. The SMILES string of the molecule is Cc1nnc(SCC(=O)N2c3ccccc3C(C)(c3ccc(Br)cc3)CC2(C)C)s1. The van der Waals surface area contributed by atoms with Crippen LogP contribution in [0.15, 0.2) is 57.3 Å². The molecule has 3 aromatic rings. The molecule has 0 saturated carbocycles. The molecule has 4 rings (SSSR count). The third kappa shape index (κ3) is 3.95. The predicted octanol–water partition coefficient (Wildman–Crippen LogP) is 6.22. The summed E-state index contributed by atoms with van der Waals surface area (Å²) in [6.07, 6.45) is 0.840. The fourth-order valence-electron chi connectivity index (χ4n) is 4.57. The average Bonchev–Trinajstić information content (AvgIpc) is 3.11. The number of aryl methyl sites for hydroxylation is 1. The van der Waals surface area contributed by atoms with Gasteiger partial charge in [0, 0.05) is 21.1 Å². The molecule has 1 unspecified atom stereocenters. The predicted molar refractivity (Wildman–Crippen MR) is 129 cm³/mol. The smallest absolute Gasteiger partial charge is 0.237 e. The van der Waals surface area contributed by atoms with Crippen LogP contribution in [0.25, 0.3) is 0 Å². The van der Waals surface area contributed by atoms with Crippen LogP contribution < -0.4 is 4.90 Å². The molecule has 0 fully saturated rings. The van der Waals surface area contributed by atoms with E-state index < -0.39 is 0 Å². The number of rotatable bonds is 4. The third-order valence-electron chi connectivity index (χ3n) is 5.69. The summed E-state index contributed by atoms with van der Waals surface area (Å²) in [6.45, 7) is 8.54. The first-order chi connectivity index (χ1) is 14.2. The van der Waals surface area contributed by atoms with Crippen LogP contribution >= 0.6 is 39.0 Å². The number of hydrogen-bond acceptors (Lipinski definition) is 5. The second-order valence-electron chi connectivity index (χ2n) is 8.45. The number of thioether (sulfide) groups is 1. The lowest BCUT2D eigenvalue weighted by Crippen LogP contribution is -2.56. The normalized spacial score (nSPS) is 20.1. The fourth-order valence-corrected chi connectivity index (χ4v) is 6.50. The standard InChI is InChI=1S/C23H24BrN3OS2/c1-15-25-26-21(30-15)29-13-20(28)27-19-8-6-5-7-18(19)23(4,14-22(27,2)3)16-9-11-17(24)12-10-16/h5-12H,13-14H2,1-4H3. The molecule has 0 aliphatic carbocycles. The molecule has 1 atom stereocenters. The van der Waals surface area contributed by atoms with Gasteiger partial charge in [0.1, 0.15) is 5.01 Å². The summed E-state index contributed by atoms with van der Waals surface area (Å²) >= 11 is 6.53. The molecule has 0 spiro atoms. The summed E-state index contributed by atoms with van der Waals surface area (Å²) in [5.41, 5.74) is 2.94. The summed E-state index contributed by atoms with van der Waals surface area (Å²) in [5, 5.41) is 9.11. The van der Waals surface area contributed by atoms with Crippen LogP contribution in [0.1, 0.15) is 43.3 Å². The molecule has 1 aliphatic rings. The van der Waals surface area contributed by atoms with Crippen molar-refractivity contribution in [1.29, 1.82) is 0 Å². The first-order valence-corrected chi connectivity index (χ1v) is 12.4. The van der Waals surface area contributed by atoms with E-state index in [0.717, 1.165) is 25.9 Å². The van der Waals surface area contributed by atoms with Crippen LogP contribution in [0.4, 0.5) is 5.69 Å². The van der Waals surface area contributed by atoms with Gasteiger partial charge in [0.15, 0.2) is 4.34 Å². The van der Waals surface area contributed by atoms with Crippen molar-refractivity contribution >= 4 is 50.6 Å². The third-order valence-corrected chi connectivity index (χ3v) is 8.17. The van der Waals surface area contributed by atoms with Gasteiger partial charge in [0.05, 0.1) is 5.75 Å². The highest BCUT2D eigenvalue weighted by atomic mass is 79.9. The van der Waals surface area contributed by atoms with E-state index >= 15 is 0 Å². The number of amides is 1. The van der Waals surface area contributed by atoms with Crippen molar-refractivity contribution in [3.63, 3.8) is 0 Å². The number of aromatic nitrogens is 2. The Kier molecular flexibility index (Phi) is 5.81. The molecule has 2 aromatic carbocycles. The maximum atomic E-state index is 13.4. The van der Waals surface area contributed by atoms with Gasteiger partial charge in [-0.05, 0) is 56.5 Å². The molecule has 1 aliphatic heterocycles. The Bertz CT molecular complexity index is 1080. The molecule has 7 heteroatoms. The van der Waals surface area contributed by atoms with Crippen LogP contribution in [0.3, 0.4) is 0 Å². The Morgan fingerprint density at radius 1 is 1.13 bits per heavy atom. The minimum absolute atomic E-state index is 0.100. The first kappa shape index (κ1) is 21.5. The largest absolute Gasteiger partial charge is 0.306 e. The topological polar surface area (TPSA) is 46.1 Å². The van der Waals surface area contributed by atoms with Crippen molar-refractivity contribution < 1.29 is 4.79 Å². The van der Waals surface area contributed by atoms with Crippen molar-refractivity contribution in [1.82, 2.24) is 10.2 Å². The monoisotopic (exact) mass is 501 g/mol. The van der Waals surface area contributed by atoms with Gasteiger partial charge in [-0.2, -0.15) is 0 Å². The number of carbonyl (C=O) groups is 1. The maximum absolute atomic E-state index is 13.4. The van der Waals surface area contributed by atoms with Crippen LogP contribution in [0, 0.1) is 6.92 Å². The molecular weight excluding hydrogens is 478 g/mol. The lowest BCUT2D eigenvalue weighted by atomic mass is 9.65. The number of hydrogen-bond donors (Lipinski definition) is 0. The van der Waals surface area contributed by atoms with E-state index in [-0.39, 0.29) is 16.9 Å². The second kappa shape index (κ2) is 8.09. The molecule has 2 heterocycles. The first-order valence-electron chi connectivity index (χ1n) is 9.82. The van der Waals surface area contributed by atoms with Crippen LogP contribution in [-0.4, -0.2) is 27.4 Å². The highest BCUT2D eigenvalue weighted by Gasteiger charge is 2.47. The molecule has 156 valence electrons. The molecule has 1 aromatic heterocycles. The summed E-state index contributed by atoms with van der Waals surface area (Å²) in [7, 11) is 0. The van der Waals surface area contributed by atoms with Crippen LogP contribution in [0.2, 0.25) is 0 Å². The maximum Gasteiger partial charge on any atom is 0.237 e. The van der Waals surface area contributed by atoms with E-state index in [0.29, 0.717) is 5.75 Å². The van der Waals surface area contributed by atoms with E-state index in [1.807, 2.05) is 17.9 Å². The van der Waals surface area contributed by atoms with Gasteiger partial charge in [-0.15, -0.1) is 10.2 Å². The van der Waals surface area contributed by atoms with Gasteiger partial charge in [-0.3, -0.25) is 4.79 Å². The number of benzene rings is 2. The molecule has 4 nitrogen and oxygen atoms in total. The zero-order valence-electron chi connectivity index (χ0n) is 17.5. The zero-order chi connectivity index (χ0) is 21.5. The number of nitrogens with zero attached hydrogens (tertiary/aromatic N) is 3. The van der Waals surface area contributed by atoms with Crippen molar-refractivity contribution in [2.75, 3.05) is 10.7 Å². The Morgan fingerprint density at radius 3 is 2.50 bits per heavy atom. The van der Waals surface area contributed by atoms with E-state index in [1.54, 1.807) is 0 Å². The minimum atomic E-state index is -0.329. The number of para-hydroxylation sites is 1. The molecule has 0 N–H and O–H groups in total.